The summed E-state index contributed by atoms with van der Waals surface area (Å²) in [6.07, 6.45) is 3.86. The Bertz CT molecular complexity index is 517. The number of aliphatic carboxylic acids is 1. The fourth-order valence-corrected chi connectivity index (χ4v) is 2.58. The lowest BCUT2D eigenvalue weighted by atomic mass is 10.1. The number of hydrogen-bond donors (Lipinski definition) is 1. The van der Waals surface area contributed by atoms with E-state index in [9.17, 15) is 4.79 Å². The van der Waals surface area contributed by atoms with E-state index in [0.29, 0.717) is 5.02 Å². The second-order valence-electron chi connectivity index (χ2n) is 5.02. The van der Waals surface area contributed by atoms with E-state index in [2.05, 4.69) is 16.8 Å². The summed E-state index contributed by atoms with van der Waals surface area (Å²) >= 11 is 6.02. The molecule has 1 N–H and O–H groups in total. The van der Waals surface area contributed by atoms with E-state index in [1.807, 2.05) is 18.2 Å². The van der Waals surface area contributed by atoms with Crippen LogP contribution in [0.2, 0.25) is 5.02 Å². The van der Waals surface area contributed by atoms with Crippen LogP contribution in [-0.4, -0.2) is 49.2 Å². The normalized spacial score (nSPS) is 17.4. The fourth-order valence-electron chi connectivity index (χ4n) is 2.40. The minimum Gasteiger partial charge on any atom is -0.478 e. The van der Waals surface area contributed by atoms with Crippen LogP contribution in [-0.2, 0) is 4.79 Å². The predicted molar refractivity (Wildman–Crippen MR) is 82.4 cm³/mol. The number of carboxylic acid groups (broad SMARTS) is 1. The topological polar surface area (TPSA) is 43.8 Å². The van der Waals surface area contributed by atoms with Crippen molar-refractivity contribution in [3.63, 3.8) is 0 Å². The summed E-state index contributed by atoms with van der Waals surface area (Å²) in [6.45, 7) is 4.00. The highest BCUT2D eigenvalue weighted by Crippen LogP contribution is 2.26. The molecule has 0 spiro atoms. The maximum absolute atomic E-state index is 10.7. The lowest BCUT2D eigenvalue weighted by Crippen LogP contribution is -2.29. The minimum absolute atomic E-state index is 0.616. The molecule has 0 aromatic heterocycles. The van der Waals surface area contributed by atoms with E-state index in [1.165, 1.54) is 0 Å². The molecule has 0 radical (unpaired) electrons. The number of halogens is 1. The van der Waals surface area contributed by atoms with Crippen LogP contribution in [0.15, 0.2) is 24.3 Å². The quantitative estimate of drug-likeness (QED) is 0.870. The van der Waals surface area contributed by atoms with Gasteiger partial charge in [-0.1, -0.05) is 11.6 Å². The first-order chi connectivity index (χ1) is 9.56. The van der Waals surface area contributed by atoms with Crippen LogP contribution < -0.4 is 4.90 Å². The number of benzene rings is 1. The van der Waals surface area contributed by atoms with Crippen LogP contribution in [0.25, 0.3) is 6.08 Å². The van der Waals surface area contributed by atoms with Gasteiger partial charge in [-0.15, -0.1) is 0 Å². The van der Waals surface area contributed by atoms with E-state index in [0.717, 1.165) is 49.9 Å². The second kappa shape index (κ2) is 6.77. The Kier molecular flexibility index (Phi) is 5.04. The molecule has 1 aromatic carbocycles. The molecule has 1 aliphatic rings. The van der Waals surface area contributed by atoms with Gasteiger partial charge in [-0.05, 0) is 49.9 Å². The molecule has 20 heavy (non-hydrogen) atoms. The van der Waals surface area contributed by atoms with Crippen LogP contribution in [0, 0.1) is 0 Å². The van der Waals surface area contributed by atoms with E-state index in [-0.39, 0.29) is 0 Å². The zero-order valence-corrected chi connectivity index (χ0v) is 12.3. The largest absolute Gasteiger partial charge is 0.478 e. The number of anilines is 1. The Morgan fingerprint density at radius 2 is 2.10 bits per heavy atom. The van der Waals surface area contributed by atoms with E-state index in [1.54, 1.807) is 6.08 Å². The van der Waals surface area contributed by atoms with Gasteiger partial charge in [-0.25, -0.2) is 4.79 Å². The third-order valence-corrected chi connectivity index (χ3v) is 3.69. The first-order valence-electron chi connectivity index (χ1n) is 6.70. The van der Waals surface area contributed by atoms with Crippen molar-refractivity contribution in [3.05, 3.63) is 34.9 Å². The average Bonchev–Trinajstić information content (AvgIpc) is 2.61. The summed E-state index contributed by atoms with van der Waals surface area (Å²) in [5.41, 5.74) is 1.90. The van der Waals surface area contributed by atoms with Crippen molar-refractivity contribution in [2.45, 2.75) is 6.42 Å². The molecule has 0 atom stereocenters. The van der Waals surface area contributed by atoms with Crippen molar-refractivity contribution in [3.8, 4) is 0 Å². The van der Waals surface area contributed by atoms with E-state index < -0.39 is 5.97 Å². The van der Waals surface area contributed by atoms with Crippen molar-refractivity contribution >= 4 is 29.3 Å². The van der Waals surface area contributed by atoms with Gasteiger partial charge in [0.05, 0.1) is 0 Å². The summed E-state index contributed by atoms with van der Waals surface area (Å²) in [5.74, 6) is -0.952. The molecule has 1 heterocycles. The highest BCUT2D eigenvalue weighted by Gasteiger charge is 2.15. The summed E-state index contributed by atoms with van der Waals surface area (Å²) in [5, 5.41) is 9.40. The number of nitrogens with zero attached hydrogens (tertiary/aromatic N) is 2. The summed E-state index contributed by atoms with van der Waals surface area (Å²) in [6, 6.07) is 5.63. The minimum atomic E-state index is -0.952. The number of hydrogen-bond acceptors (Lipinski definition) is 3. The van der Waals surface area contributed by atoms with Crippen LogP contribution in [0.3, 0.4) is 0 Å². The SMILES string of the molecule is CN1CCCN(c2ccc(Cl)cc2/C=C/C(=O)O)CC1. The first kappa shape index (κ1) is 14.9. The smallest absolute Gasteiger partial charge is 0.328 e. The molecule has 2 rings (SSSR count). The molecule has 0 amide bonds. The molecule has 5 heteroatoms. The molecule has 1 aliphatic heterocycles. The van der Waals surface area contributed by atoms with Crippen molar-refractivity contribution in [2.75, 3.05) is 38.1 Å². The van der Waals surface area contributed by atoms with Gasteiger partial charge in [-0.2, -0.15) is 0 Å². The summed E-state index contributed by atoms with van der Waals surface area (Å²) in [7, 11) is 2.12. The fraction of sp³-hybridized carbons (Fsp3) is 0.400. The third-order valence-electron chi connectivity index (χ3n) is 3.46. The van der Waals surface area contributed by atoms with Gasteiger partial charge < -0.3 is 14.9 Å². The van der Waals surface area contributed by atoms with Crippen LogP contribution in [0.5, 0.6) is 0 Å². The average molecular weight is 295 g/mol. The third kappa shape index (κ3) is 3.99. The number of carboxylic acids is 1. The van der Waals surface area contributed by atoms with Crippen molar-refractivity contribution in [1.29, 1.82) is 0 Å². The Hall–Kier alpha value is -1.52. The maximum atomic E-state index is 10.7. The number of carbonyl (C=O) groups is 1. The highest BCUT2D eigenvalue weighted by molar-refractivity contribution is 6.30. The number of rotatable bonds is 3. The highest BCUT2D eigenvalue weighted by atomic mass is 35.5. The van der Waals surface area contributed by atoms with Crippen molar-refractivity contribution in [2.24, 2.45) is 0 Å². The molecular weight excluding hydrogens is 276 g/mol. The van der Waals surface area contributed by atoms with Gasteiger partial charge in [0.25, 0.3) is 0 Å². The predicted octanol–water partition coefficient (Wildman–Crippen LogP) is 2.58. The molecular formula is C15H19ClN2O2. The first-order valence-corrected chi connectivity index (χ1v) is 7.08. The lowest BCUT2D eigenvalue weighted by Gasteiger charge is -2.25. The van der Waals surface area contributed by atoms with Crippen molar-refractivity contribution < 1.29 is 9.90 Å². The maximum Gasteiger partial charge on any atom is 0.328 e. The van der Waals surface area contributed by atoms with Gasteiger partial charge in [0.2, 0.25) is 0 Å². The zero-order valence-electron chi connectivity index (χ0n) is 11.6. The molecule has 0 saturated carbocycles. The second-order valence-corrected chi connectivity index (χ2v) is 5.46. The van der Waals surface area contributed by atoms with Crippen LogP contribution >= 0.6 is 11.6 Å². The number of likely N-dealkylation sites (N-methyl/N-ethyl adjacent to an activating group) is 1. The van der Waals surface area contributed by atoms with Gasteiger partial charge >= 0.3 is 5.97 Å². The van der Waals surface area contributed by atoms with E-state index in [4.69, 9.17) is 16.7 Å². The molecule has 108 valence electrons. The zero-order chi connectivity index (χ0) is 14.5. The van der Waals surface area contributed by atoms with Gasteiger partial charge in [0.1, 0.15) is 0 Å². The Morgan fingerprint density at radius 3 is 2.85 bits per heavy atom. The van der Waals surface area contributed by atoms with Crippen LogP contribution in [0.4, 0.5) is 5.69 Å². The molecule has 0 aliphatic carbocycles. The molecule has 1 aromatic rings. The molecule has 1 saturated heterocycles. The Balaban J connectivity index is 2.27. The molecule has 1 fully saturated rings. The summed E-state index contributed by atoms with van der Waals surface area (Å²) in [4.78, 5) is 15.3. The summed E-state index contributed by atoms with van der Waals surface area (Å²) < 4.78 is 0. The van der Waals surface area contributed by atoms with E-state index >= 15 is 0 Å². The Morgan fingerprint density at radius 1 is 1.30 bits per heavy atom. The lowest BCUT2D eigenvalue weighted by molar-refractivity contribution is -0.131. The molecule has 0 unspecified atom stereocenters. The monoisotopic (exact) mass is 294 g/mol. The van der Waals surface area contributed by atoms with Gasteiger partial charge in [0, 0.05) is 36.4 Å². The van der Waals surface area contributed by atoms with Crippen LogP contribution in [0.1, 0.15) is 12.0 Å². The van der Waals surface area contributed by atoms with Crippen molar-refractivity contribution in [1.82, 2.24) is 4.90 Å². The standard InChI is InChI=1S/C15H19ClN2O2/c1-17-7-2-8-18(10-9-17)14-5-4-13(16)11-12(14)3-6-15(19)20/h3-6,11H,2,7-10H2,1H3,(H,19,20)/b6-3+. The Labute approximate surface area is 124 Å². The molecule has 4 nitrogen and oxygen atoms in total. The molecule has 0 bridgehead atoms. The van der Waals surface area contributed by atoms with Gasteiger partial charge in [0.15, 0.2) is 0 Å². The van der Waals surface area contributed by atoms with Gasteiger partial charge in [-0.3, -0.25) is 0 Å².